The third kappa shape index (κ3) is 9.07. The van der Waals surface area contributed by atoms with Crippen molar-refractivity contribution in [1.82, 2.24) is 0 Å². The number of rotatable bonds is 12. The molecule has 8 rings (SSSR count). The molecule has 328 valence electrons. The third-order valence-corrected chi connectivity index (χ3v) is 14.7. The predicted octanol–water partition coefficient (Wildman–Crippen LogP) is 11.0. The van der Waals surface area contributed by atoms with E-state index < -0.39 is 31.1 Å². The summed E-state index contributed by atoms with van der Waals surface area (Å²) in [6, 6.07) is 25.4. The van der Waals surface area contributed by atoms with Crippen molar-refractivity contribution in [3.8, 4) is 0 Å². The maximum atomic E-state index is 12.4. The van der Waals surface area contributed by atoms with Crippen LogP contribution in [0.15, 0.2) is 155 Å². The first-order valence-electron chi connectivity index (χ1n) is 21.9. The molecule has 4 aromatic rings. The van der Waals surface area contributed by atoms with Crippen LogP contribution in [0, 0.1) is 0 Å². The summed E-state index contributed by atoms with van der Waals surface area (Å²) in [5, 5.41) is 4.67. The second-order valence-corrected chi connectivity index (χ2v) is 21.3. The van der Waals surface area contributed by atoms with Crippen molar-refractivity contribution in [2.45, 2.75) is 83.5 Å². The molecule has 63 heavy (non-hydrogen) atoms. The fourth-order valence-electron chi connectivity index (χ4n) is 10.3. The molecule has 9 nitrogen and oxygen atoms in total. The first-order valence-corrected chi connectivity index (χ1v) is 25.1. The van der Waals surface area contributed by atoms with E-state index in [1.54, 1.807) is 12.2 Å². The lowest BCUT2D eigenvalue weighted by Gasteiger charge is -2.29. The number of hydrogen-bond acceptors (Lipinski definition) is 7. The van der Waals surface area contributed by atoms with Gasteiger partial charge in [0.1, 0.15) is 0 Å². The first kappa shape index (κ1) is 44.3. The van der Waals surface area contributed by atoms with Crippen LogP contribution in [0.2, 0.25) is 0 Å². The zero-order chi connectivity index (χ0) is 44.7. The number of allylic oxidation sites excluding steroid dienone is 14. The van der Waals surface area contributed by atoms with E-state index in [2.05, 4.69) is 122 Å². The van der Waals surface area contributed by atoms with Gasteiger partial charge in [0.2, 0.25) is 0 Å². The summed E-state index contributed by atoms with van der Waals surface area (Å²) in [6.07, 6.45) is 20.4. The normalized spacial score (nSPS) is 21.0. The largest absolute Gasteiger partial charge is 0.344 e. The van der Waals surface area contributed by atoms with Crippen molar-refractivity contribution in [2.75, 3.05) is 34.4 Å². The van der Waals surface area contributed by atoms with Gasteiger partial charge < -0.3 is 9.80 Å². The Bertz CT molecular complexity index is 2770. The highest BCUT2D eigenvalue weighted by Gasteiger charge is 2.42. The molecule has 0 atom stereocenters. The fraction of sp³-hybridized carbons (Fsp3) is 0.327. The Morgan fingerprint density at radius 3 is 1.43 bits per heavy atom. The van der Waals surface area contributed by atoms with Gasteiger partial charge in [-0.25, -0.2) is 0 Å². The van der Waals surface area contributed by atoms with Crippen LogP contribution in [0.1, 0.15) is 83.8 Å². The maximum absolute atomic E-state index is 12.4. The number of ketones is 1. The number of fused-ring (bicyclic) bond motifs is 6. The molecule has 0 amide bonds. The third-order valence-electron chi connectivity index (χ3n) is 13.1. The Morgan fingerprint density at radius 1 is 0.571 bits per heavy atom. The minimum absolute atomic E-state index is 0.0554. The maximum Gasteiger partial charge on any atom is 0.264 e. The van der Waals surface area contributed by atoms with Crippen LogP contribution in [0.5, 0.6) is 0 Å². The number of carbonyl (C=O) groups excluding carboxylic acids is 1. The molecule has 4 aromatic carbocycles. The summed E-state index contributed by atoms with van der Waals surface area (Å²) < 4.78 is 65.5. The molecule has 0 unspecified atom stereocenters. The first-order chi connectivity index (χ1) is 29.9. The Balaban J connectivity index is 1.22. The van der Waals surface area contributed by atoms with Crippen LogP contribution < -0.4 is 9.80 Å². The van der Waals surface area contributed by atoms with E-state index in [4.69, 9.17) is 0 Å². The zero-order valence-electron chi connectivity index (χ0n) is 36.5. The SMILES string of the molecule is CC1(C)C(=CC=C2CCC/C(=C/C=C3\N(CCCCS(=O)(=O)O)c4ccc5ccccc5c4C3(C)C)C2=C2C=CC(=O)C=C2)N(CCCCS(=O)(=O)O)c2ccc3ccccc3c21. The van der Waals surface area contributed by atoms with E-state index in [1.807, 2.05) is 24.3 Å². The average Bonchev–Trinajstić information content (AvgIpc) is 3.60. The van der Waals surface area contributed by atoms with E-state index >= 15 is 0 Å². The lowest BCUT2D eigenvalue weighted by Crippen LogP contribution is -2.27. The molecule has 11 heteroatoms. The Labute approximate surface area is 372 Å². The van der Waals surface area contributed by atoms with E-state index in [0.29, 0.717) is 38.8 Å². The molecule has 0 radical (unpaired) electrons. The van der Waals surface area contributed by atoms with Crippen LogP contribution in [0.25, 0.3) is 21.5 Å². The molecule has 2 N–H and O–H groups in total. The lowest BCUT2D eigenvalue weighted by molar-refractivity contribution is -0.110. The second-order valence-electron chi connectivity index (χ2n) is 18.1. The molecule has 0 bridgehead atoms. The zero-order valence-corrected chi connectivity index (χ0v) is 38.1. The molecule has 0 aromatic heterocycles. The highest BCUT2D eigenvalue weighted by Crippen LogP contribution is 2.53. The van der Waals surface area contributed by atoms with Gasteiger partial charge in [-0.05, 0) is 136 Å². The van der Waals surface area contributed by atoms with Gasteiger partial charge in [0.05, 0.1) is 11.5 Å². The van der Waals surface area contributed by atoms with Crippen LogP contribution >= 0.6 is 0 Å². The van der Waals surface area contributed by atoms with Gasteiger partial charge in [-0.3, -0.25) is 13.9 Å². The summed E-state index contributed by atoms with van der Waals surface area (Å²) in [6.45, 7) is 10.1. The molecule has 1 saturated carbocycles. The molecular weight excluding hydrogens is 829 g/mol. The van der Waals surface area contributed by atoms with Gasteiger partial charge in [-0.1, -0.05) is 113 Å². The van der Waals surface area contributed by atoms with Gasteiger partial charge >= 0.3 is 0 Å². The lowest BCUT2D eigenvalue weighted by atomic mass is 9.78. The van der Waals surface area contributed by atoms with Crippen LogP contribution in [-0.4, -0.2) is 56.3 Å². The number of hydrogen-bond donors (Lipinski definition) is 2. The van der Waals surface area contributed by atoms with Crippen molar-refractivity contribution in [3.05, 3.63) is 166 Å². The van der Waals surface area contributed by atoms with Crippen molar-refractivity contribution in [2.24, 2.45) is 0 Å². The summed E-state index contributed by atoms with van der Waals surface area (Å²) in [7, 11) is -8.14. The number of carbonyl (C=O) groups is 1. The highest BCUT2D eigenvalue weighted by atomic mass is 32.2. The fourth-order valence-corrected chi connectivity index (χ4v) is 11.4. The van der Waals surface area contributed by atoms with Gasteiger partial charge in [0.15, 0.2) is 5.78 Å². The molecule has 1 fully saturated rings. The van der Waals surface area contributed by atoms with Gasteiger partial charge in [0, 0.05) is 46.7 Å². The topological polar surface area (TPSA) is 132 Å². The van der Waals surface area contributed by atoms with Crippen molar-refractivity contribution in [3.63, 3.8) is 0 Å². The molecule has 2 heterocycles. The van der Waals surface area contributed by atoms with Gasteiger partial charge in [-0.15, -0.1) is 0 Å². The highest BCUT2D eigenvalue weighted by molar-refractivity contribution is 7.86. The Morgan fingerprint density at radius 2 is 1.00 bits per heavy atom. The van der Waals surface area contributed by atoms with E-state index in [9.17, 15) is 30.7 Å². The number of unbranched alkanes of at least 4 members (excludes halogenated alkanes) is 2. The minimum atomic E-state index is -4.07. The predicted molar refractivity (Wildman–Crippen MR) is 256 cm³/mol. The van der Waals surface area contributed by atoms with Crippen molar-refractivity contribution in [1.29, 1.82) is 0 Å². The molecular formula is C52H56N2O7S2. The van der Waals surface area contributed by atoms with E-state index in [1.165, 1.54) is 21.9 Å². The molecule has 0 spiro atoms. The number of nitrogens with zero attached hydrogens (tertiary/aromatic N) is 2. The minimum Gasteiger partial charge on any atom is -0.344 e. The van der Waals surface area contributed by atoms with Crippen LogP contribution in [0.3, 0.4) is 0 Å². The molecule has 2 aliphatic heterocycles. The summed E-state index contributed by atoms with van der Waals surface area (Å²) in [5.41, 5.74) is 10.4. The monoisotopic (exact) mass is 884 g/mol. The smallest absolute Gasteiger partial charge is 0.264 e. The van der Waals surface area contributed by atoms with Gasteiger partial charge in [0.25, 0.3) is 20.2 Å². The van der Waals surface area contributed by atoms with E-state index in [0.717, 1.165) is 75.1 Å². The summed E-state index contributed by atoms with van der Waals surface area (Å²) >= 11 is 0. The molecule has 2 aliphatic carbocycles. The van der Waals surface area contributed by atoms with Crippen molar-refractivity contribution >= 4 is 58.9 Å². The quantitative estimate of drug-likeness (QED) is 0.105. The second kappa shape index (κ2) is 17.3. The summed E-state index contributed by atoms with van der Waals surface area (Å²) in [4.78, 5) is 17.1. The average molecular weight is 885 g/mol. The van der Waals surface area contributed by atoms with Crippen molar-refractivity contribution < 1.29 is 30.7 Å². The summed E-state index contributed by atoms with van der Waals surface area (Å²) in [5.74, 6) is -0.620. The molecule has 4 aliphatic rings. The van der Waals surface area contributed by atoms with Gasteiger partial charge in [-0.2, -0.15) is 16.8 Å². The van der Waals surface area contributed by atoms with Crippen LogP contribution in [0.4, 0.5) is 11.4 Å². The standard InChI is InChI=1S/C52H56N2O7S2/c1-51(2)46(53(32-9-11-34-62(56,57)58)44-28-22-36-14-5-7-18-42(36)49(44)51)30-24-38-16-13-17-39(48(38)40-20-26-41(55)27-21-40)25-31-47-52(3,4)50-43-19-8-6-15-37(43)23-29-45(50)54(47)33-10-12-35-63(59,60)61/h5-8,14-15,18-31H,9-13,16-17,32-35H2,1-4H3,(H,56,57,58)(H,59,60,61)/b38-24-,39-25?,46-30-,47-31?. The Hall–Kier alpha value is -5.33. The Kier molecular flexibility index (Phi) is 12.2. The molecule has 0 saturated heterocycles. The number of benzene rings is 4. The van der Waals surface area contributed by atoms with E-state index in [-0.39, 0.29) is 17.3 Å². The number of anilines is 2. The van der Waals surface area contributed by atoms with Crippen LogP contribution in [-0.2, 0) is 35.9 Å².